The van der Waals surface area contributed by atoms with Gasteiger partial charge < -0.3 is 38.8 Å². The predicted molar refractivity (Wildman–Crippen MR) is 216 cm³/mol. The molecule has 0 radical (unpaired) electrons. The number of esters is 2. The van der Waals surface area contributed by atoms with Gasteiger partial charge in [0, 0.05) is 72.2 Å². The van der Waals surface area contributed by atoms with Crippen LogP contribution in [0.4, 0.5) is 0 Å². The van der Waals surface area contributed by atoms with Gasteiger partial charge in [-0.2, -0.15) is 0 Å². The summed E-state index contributed by atoms with van der Waals surface area (Å²) in [6, 6.07) is 11.2. The smallest absolute Gasteiger partial charge is 0.347 e. The summed E-state index contributed by atoms with van der Waals surface area (Å²) >= 11 is 3.35. The Morgan fingerprint density at radius 1 is 0.983 bits per heavy atom. The second kappa shape index (κ2) is 16.6. The second-order valence-electron chi connectivity index (χ2n) is 14.7. The Morgan fingerprint density at radius 2 is 1.71 bits per heavy atom. The van der Waals surface area contributed by atoms with E-state index in [4.69, 9.17) is 18.9 Å². The molecule has 2 aliphatic rings. The van der Waals surface area contributed by atoms with E-state index in [9.17, 15) is 34.5 Å². The van der Waals surface area contributed by atoms with Crippen molar-refractivity contribution in [3.05, 3.63) is 110 Å². The van der Waals surface area contributed by atoms with Crippen LogP contribution in [-0.2, 0) is 28.5 Å². The van der Waals surface area contributed by atoms with E-state index >= 15 is 0 Å². The number of hydrogen-bond acceptors (Lipinski definition) is 12. The second-order valence-corrected chi connectivity index (χ2v) is 15.6. The number of aromatic carboxylic acids is 1. The number of phenols is 2. The summed E-state index contributed by atoms with van der Waals surface area (Å²) in [4.78, 5) is 54.2. The number of halogens is 1. The van der Waals surface area contributed by atoms with Crippen molar-refractivity contribution in [3.8, 4) is 23.0 Å². The summed E-state index contributed by atoms with van der Waals surface area (Å²) < 4.78 is 25.3. The van der Waals surface area contributed by atoms with E-state index in [1.807, 2.05) is 7.11 Å². The number of carboxylic acids is 1. The van der Waals surface area contributed by atoms with Gasteiger partial charge >= 0.3 is 17.9 Å². The lowest BCUT2D eigenvalue weighted by molar-refractivity contribution is -0.131. The average Bonchev–Trinajstić information content (AvgIpc) is 3.51. The summed E-state index contributed by atoms with van der Waals surface area (Å²) in [6.45, 7) is 5.57. The average molecular weight is 859 g/mol. The zero-order valence-electron chi connectivity index (χ0n) is 33.1. The van der Waals surface area contributed by atoms with Crippen LogP contribution in [0.1, 0.15) is 75.7 Å². The number of fused-ring (bicyclic) bond motifs is 2. The number of likely N-dealkylation sites (tertiary alicyclic amines) is 1. The Labute approximate surface area is 343 Å². The van der Waals surface area contributed by atoms with Gasteiger partial charge in [0.2, 0.25) is 0 Å². The number of carbonyl (C=O) groups is 4. The van der Waals surface area contributed by atoms with Gasteiger partial charge in [-0.15, -0.1) is 0 Å². The molecule has 0 saturated carbocycles. The molecule has 3 heterocycles. The molecule has 3 unspecified atom stereocenters. The van der Waals surface area contributed by atoms with Crippen LogP contribution >= 0.6 is 15.9 Å². The first-order chi connectivity index (χ1) is 27.6. The minimum absolute atomic E-state index is 0.0419. The van der Waals surface area contributed by atoms with Gasteiger partial charge in [0.25, 0.3) is 0 Å². The highest BCUT2D eigenvalue weighted by Crippen LogP contribution is 2.50. The van der Waals surface area contributed by atoms with Crippen molar-refractivity contribution < 1.29 is 53.4 Å². The number of nitrogens with zero attached hydrogens (tertiary/aromatic N) is 3. The van der Waals surface area contributed by atoms with E-state index in [2.05, 4.69) is 68.9 Å². The third kappa shape index (κ3) is 7.52. The van der Waals surface area contributed by atoms with Gasteiger partial charge in [0.05, 0.1) is 24.8 Å². The van der Waals surface area contributed by atoms with E-state index in [1.54, 1.807) is 12.3 Å². The minimum Gasteiger partial charge on any atom is -0.507 e. The van der Waals surface area contributed by atoms with Crippen LogP contribution in [-0.4, -0.2) is 94.4 Å². The normalized spacial score (nSPS) is 18.4. The van der Waals surface area contributed by atoms with Gasteiger partial charge in [-0.1, -0.05) is 12.1 Å². The fourth-order valence-electron chi connectivity index (χ4n) is 8.34. The molecule has 15 heteroatoms. The topological polar surface area (TPSA) is 187 Å². The number of ether oxygens (including phenoxy) is 4. The third-order valence-corrected chi connectivity index (χ3v) is 11.5. The van der Waals surface area contributed by atoms with Gasteiger partial charge in [-0.3, -0.25) is 14.7 Å². The number of methoxy groups -OCH3 is 2. The summed E-state index contributed by atoms with van der Waals surface area (Å²) in [5.41, 5.74) is 3.59. The highest BCUT2D eigenvalue weighted by Gasteiger charge is 2.52. The summed E-state index contributed by atoms with van der Waals surface area (Å²) in [5.74, 6) is -3.55. The molecule has 1 saturated heterocycles. The molecule has 0 spiro atoms. The van der Waals surface area contributed by atoms with Gasteiger partial charge in [-0.25, -0.2) is 14.4 Å². The number of hydrogen-bond donors (Lipinski definition) is 3. The molecule has 0 amide bonds. The molecule has 3 atom stereocenters. The van der Waals surface area contributed by atoms with Crippen molar-refractivity contribution in [2.45, 2.75) is 45.3 Å². The Kier molecular flexibility index (Phi) is 12.0. The number of piperidine rings is 1. The highest BCUT2D eigenvalue weighted by molar-refractivity contribution is 9.10. The molecule has 14 nitrogen and oxygen atoms in total. The zero-order valence-corrected chi connectivity index (χ0v) is 34.7. The van der Waals surface area contributed by atoms with Crippen molar-refractivity contribution in [2.24, 2.45) is 13.0 Å². The number of likely N-dealkylation sites (N-methyl/N-ethyl adjacent to an activating group) is 1. The molecule has 3 N–H and O–H groups in total. The third-order valence-electron chi connectivity index (χ3n) is 11.1. The number of benzene rings is 3. The number of phenolic OH excluding ortho intramolecular Hbond substituents is 1. The van der Waals surface area contributed by atoms with Crippen molar-refractivity contribution >= 4 is 51.0 Å². The van der Waals surface area contributed by atoms with Gasteiger partial charge in [0.1, 0.15) is 39.7 Å². The molecule has 1 aliphatic heterocycles. The number of aromatic hydroxyl groups is 2. The SMILES string of the molecule is COC12CC(COC(=O)c3cncc(Br)c3)CN(C)C1Cc1cn(C)c3cccc2c13.COc1cc(C)c(C(=O)Oc2cc(C)c(O)c(C(=O)O)c2C)c(O)c1C=O. The molecule has 58 heavy (non-hydrogen) atoms. The van der Waals surface area contributed by atoms with Crippen LogP contribution in [0.25, 0.3) is 10.9 Å². The highest BCUT2D eigenvalue weighted by atomic mass is 79.9. The van der Waals surface area contributed by atoms with Gasteiger partial charge in [-0.05, 0) is 103 Å². The summed E-state index contributed by atoms with van der Waals surface area (Å²) in [5, 5.41) is 30.8. The lowest BCUT2D eigenvalue weighted by Crippen LogP contribution is -2.59. The number of aromatic nitrogens is 2. The Hall–Kier alpha value is -5.77. The molecule has 2 aromatic heterocycles. The largest absolute Gasteiger partial charge is 0.507 e. The summed E-state index contributed by atoms with van der Waals surface area (Å²) in [7, 11) is 7.38. The van der Waals surface area contributed by atoms with Crippen LogP contribution < -0.4 is 9.47 Å². The van der Waals surface area contributed by atoms with E-state index in [0.717, 1.165) is 23.9 Å². The molecule has 1 fully saturated rings. The number of aldehydes is 1. The number of pyridine rings is 1. The van der Waals surface area contributed by atoms with E-state index < -0.39 is 29.0 Å². The van der Waals surface area contributed by atoms with Crippen LogP contribution in [0.3, 0.4) is 0 Å². The van der Waals surface area contributed by atoms with Crippen LogP contribution in [0.2, 0.25) is 0 Å². The summed E-state index contributed by atoms with van der Waals surface area (Å²) in [6.07, 6.45) is 7.55. The minimum atomic E-state index is -1.38. The lowest BCUT2D eigenvalue weighted by Gasteiger charge is -2.53. The molecular formula is C43H44BrN3O11. The number of carboxylic acid groups (broad SMARTS) is 1. The van der Waals surface area contributed by atoms with Gasteiger partial charge in [0.15, 0.2) is 6.29 Å². The molecular weight excluding hydrogens is 814 g/mol. The van der Waals surface area contributed by atoms with Crippen LogP contribution in [0.15, 0.2) is 59.5 Å². The maximum atomic E-state index is 12.6. The fourth-order valence-corrected chi connectivity index (χ4v) is 8.71. The molecule has 0 bridgehead atoms. The monoisotopic (exact) mass is 857 g/mol. The first-order valence-electron chi connectivity index (χ1n) is 18.3. The molecule has 5 aromatic rings. The molecule has 7 rings (SSSR count). The maximum Gasteiger partial charge on any atom is 0.347 e. The Bertz CT molecular complexity index is 2460. The van der Waals surface area contributed by atoms with Crippen molar-refractivity contribution in [3.63, 3.8) is 0 Å². The van der Waals surface area contributed by atoms with Crippen LogP contribution in [0.5, 0.6) is 23.0 Å². The lowest BCUT2D eigenvalue weighted by atomic mass is 9.69. The first-order valence-corrected chi connectivity index (χ1v) is 19.1. The van der Waals surface area contributed by atoms with Crippen molar-refractivity contribution in [1.82, 2.24) is 14.5 Å². The van der Waals surface area contributed by atoms with E-state index in [1.165, 1.54) is 68.2 Å². The van der Waals surface area contributed by atoms with Crippen molar-refractivity contribution in [2.75, 3.05) is 34.4 Å². The molecule has 304 valence electrons. The van der Waals surface area contributed by atoms with E-state index in [-0.39, 0.29) is 57.2 Å². The standard InChI is InChI=1S/C24H26BrN3O3.C19H18O8/c1-27-13-17-8-21-24(30-3,19-5-4-6-20(27)22(17)19)9-15(12-28(21)2)14-31-23(29)16-7-18(25)11-26-10-16;1-8-5-13(26-4)11(7-20)17(22)14(8)19(25)27-12-6-9(2)16(21)15(10(12)3)18(23)24/h4-7,10-11,13,15,21H,8-9,12,14H2,1-3H3;5-7,21-22H,1-4H3,(H,23,24). The molecule has 3 aromatic carbocycles. The quantitative estimate of drug-likeness (QED) is 0.0811. The van der Waals surface area contributed by atoms with Crippen LogP contribution in [0, 0.1) is 26.7 Å². The number of rotatable bonds is 9. The number of carbonyl (C=O) groups excluding carboxylic acids is 3. The van der Waals surface area contributed by atoms with E-state index in [0.29, 0.717) is 24.0 Å². The fraction of sp³-hybridized carbons (Fsp3) is 0.326. The van der Waals surface area contributed by atoms with Crippen molar-refractivity contribution in [1.29, 1.82) is 0 Å². The Balaban J connectivity index is 0.000000198. The maximum absolute atomic E-state index is 12.6. The number of aryl methyl sites for hydroxylation is 3. The predicted octanol–water partition coefficient (Wildman–Crippen LogP) is 6.67. The molecule has 1 aliphatic carbocycles. The Morgan fingerprint density at radius 3 is 2.36 bits per heavy atom. The first kappa shape index (κ1) is 41.9. The zero-order chi connectivity index (χ0) is 42.2.